The largest absolute Gasteiger partial charge is 0.463 e. The number of alkyl halides is 3. The van der Waals surface area contributed by atoms with Gasteiger partial charge in [0.1, 0.15) is 6.54 Å². The Labute approximate surface area is 207 Å². The molecule has 36 heavy (non-hydrogen) atoms. The third-order valence-electron chi connectivity index (χ3n) is 6.74. The van der Waals surface area contributed by atoms with Gasteiger partial charge >= 0.3 is 12.1 Å². The normalized spacial score (nSPS) is 18.2. The number of hydrogen-bond donors (Lipinski definition) is 0. The van der Waals surface area contributed by atoms with Crippen molar-refractivity contribution in [1.82, 2.24) is 9.80 Å². The summed E-state index contributed by atoms with van der Waals surface area (Å²) in [4.78, 5) is 42.2. The van der Waals surface area contributed by atoms with Crippen LogP contribution in [-0.4, -0.2) is 47.3 Å². The molecule has 0 N–H and O–H groups in total. The van der Waals surface area contributed by atoms with Gasteiger partial charge < -0.3 is 14.5 Å². The maximum atomic E-state index is 13.1. The summed E-state index contributed by atoms with van der Waals surface area (Å²) in [7, 11) is 0. The van der Waals surface area contributed by atoms with Crippen molar-refractivity contribution in [2.24, 2.45) is 0 Å². The van der Waals surface area contributed by atoms with Crippen molar-refractivity contribution in [3.63, 3.8) is 0 Å². The van der Waals surface area contributed by atoms with E-state index >= 15 is 0 Å². The monoisotopic (exact) mass is 500 g/mol. The summed E-state index contributed by atoms with van der Waals surface area (Å²) in [6.45, 7) is 4.05. The van der Waals surface area contributed by atoms with Gasteiger partial charge in [-0.3, -0.25) is 9.59 Å². The Balaban J connectivity index is 1.60. The Kier molecular flexibility index (Phi) is 7.19. The number of rotatable bonds is 5. The van der Waals surface area contributed by atoms with Crippen molar-refractivity contribution in [2.75, 3.05) is 19.7 Å². The molecule has 1 unspecified atom stereocenters. The molecule has 0 spiro atoms. The van der Waals surface area contributed by atoms with Gasteiger partial charge in [0.25, 0.3) is 0 Å². The summed E-state index contributed by atoms with van der Waals surface area (Å²) in [5, 5.41) is 0. The Morgan fingerprint density at radius 1 is 1.06 bits per heavy atom. The molecule has 9 heteroatoms. The maximum absolute atomic E-state index is 13.1. The van der Waals surface area contributed by atoms with Gasteiger partial charge in [-0.25, -0.2) is 4.79 Å². The lowest BCUT2D eigenvalue weighted by atomic mass is 9.83. The van der Waals surface area contributed by atoms with Crippen LogP contribution in [0.15, 0.2) is 59.8 Å². The summed E-state index contributed by atoms with van der Waals surface area (Å²) in [5.74, 6) is -2.05. The van der Waals surface area contributed by atoms with Crippen LogP contribution in [0.2, 0.25) is 0 Å². The first-order chi connectivity index (χ1) is 17.1. The quantitative estimate of drug-likeness (QED) is 0.570. The molecule has 0 bridgehead atoms. The van der Waals surface area contributed by atoms with Crippen LogP contribution in [0.3, 0.4) is 0 Å². The zero-order valence-electron chi connectivity index (χ0n) is 20.1. The van der Waals surface area contributed by atoms with Gasteiger partial charge in [-0.2, -0.15) is 13.2 Å². The van der Waals surface area contributed by atoms with E-state index in [4.69, 9.17) is 4.74 Å². The van der Waals surface area contributed by atoms with Crippen LogP contribution in [-0.2, 0) is 38.3 Å². The zero-order valence-corrected chi connectivity index (χ0v) is 20.1. The number of allylic oxidation sites excluding steroid dienone is 1. The first kappa shape index (κ1) is 25.5. The third kappa shape index (κ3) is 5.15. The van der Waals surface area contributed by atoms with Crippen LogP contribution in [0.25, 0.3) is 0 Å². The summed E-state index contributed by atoms with van der Waals surface area (Å²) in [6, 6.07) is 12.3. The highest BCUT2D eigenvalue weighted by Crippen LogP contribution is 2.38. The van der Waals surface area contributed by atoms with Crippen LogP contribution in [0.1, 0.15) is 48.4 Å². The highest BCUT2D eigenvalue weighted by molar-refractivity contribution is 5.97. The van der Waals surface area contributed by atoms with Crippen molar-refractivity contribution in [3.8, 4) is 0 Å². The van der Waals surface area contributed by atoms with E-state index in [-0.39, 0.29) is 42.7 Å². The number of carbonyl (C=O) groups excluding carboxylic acids is 3. The third-order valence-corrected chi connectivity index (χ3v) is 6.74. The number of esters is 1. The number of carbonyl (C=O) groups is 3. The predicted molar refractivity (Wildman–Crippen MR) is 125 cm³/mol. The summed E-state index contributed by atoms with van der Waals surface area (Å²) < 4.78 is 44.3. The number of nitrogens with zero attached hydrogens (tertiary/aromatic N) is 2. The van der Waals surface area contributed by atoms with E-state index in [0.717, 1.165) is 24.1 Å². The van der Waals surface area contributed by atoms with Gasteiger partial charge in [0.15, 0.2) is 0 Å². The number of hydrogen-bond acceptors (Lipinski definition) is 4. The minimum atomic E-state index is -4.50. The number of ether oxygens (including phenoxy) is 1. The van der Waals surface area contributed by atoms with Crippen molar-refractivity contribution in [3.05, 3.63) is 82.1 Å². The van der Waals surface area contributed by atoms with E-state index < -0.39 is 23.6 Å². The lowest BCUT2D eigenvalue weighted by Gasteiger charge is -2.36. The molecule has 0 aliphatic carbocycles. The molecule has 0 radical (unpaired) electrons. The first-order valence-electron chi connectivity index (χ1n) is 11.8. The fourth-order valence-electron chi connectivity index (χ4n) is 4.81. The second kappa shape index (κ2) is 10.2. The number of halogens is 3. The number of amides is 2. The Morgan fingerprint density at radius 2 is 1.72 bits per heavy atom. The highest BCUT2D eigenvalue weighted by atomic mass is 19.4. The molecule has 2 heterocycles. The molecule has 0 saturated heterocycles. The van der Waals surface area contributed by atoms with Crippen LogP contribution in [0.5, 0.6) is 0 Å². The van der Waals surface area contributed by atoms with Crippen LogP contribution >= 0.6 is 0 Å². The molecule has 1 atom stereocenters. The Morgan fingerprint density at radius 3 is 2.36 bits per heavy atom. The van der Waals surface area contributed by atoms with Gasteiger partial charge in [-0.05, 0) is 49.1 Å². The minimum absolute atomic E-state index is 0.0927. The fraction of sp³-hybridized carbons (Fsp3) is 0.370. The summed E-state index contributed by atoms with van der Waals surface area (Å²) in [5.41, 5.74) is 2.28. The van der Waals surface area contributed by atoms with Crippen LogP contribution in [0.4, 0.5) is 13.2 Å². The van der Waals surface area contributed by atoms with Gasteiger partial charge in [0.05, 0.1) is 17.7 Å². The average molecular weight is 501 g/mol. The molecule has 0 saturated carbocycles. The van der Waals surface area contributed by atoms with Crippen LogP contribution < -0.4 is 0 Å². The first-order valence-corrected chi connectivity index (χ1v) is 11.8. The Hall–Kier alpha value is -3.62. The SMILES string of the molecule is CCOC(=O)C1=C(C)N(CC(=O)N2CCc3ccccc3C2)C(=O)CC1c1ccc(C(F)(F)F)cc1. The van der Waals surface area contributed by atoms with Gasteiger partial charge in [-0.15, -0.1) is 0 Å². The standard InChI is InChI=1S/C27H27F3N2O4/c1-3-36-26(35)25-17(2)32(16-24(34)31-13-12-18-6-4-5-7-20(18)15-31)23(33)14-22(25)19-8-10-21(11-9-19)27(28,29)30/h4-11,22H,3,12-16H2,1-2H3. The van der Waals surface area contributed by atoms with E-state index in [2.05, 4.69) is 0 Å². The fourth-order valence-corrected chi connectivity index (χ4v) is 4.81. The van der Waals surface area contributed by atoms with E-state index in [1.165, 1.54) is 22.6 Å². The summed E-state index contributed by atoms with van der Waals surface area (Å²) in [6.07, 6.45) is -3.94. The van der Waals surface area contributed by atoms with Crippen molar-refractivity contribution in [2.45, 2.75) is 45.3 Å². The molecule has 2 aromatic carbocycles. The molecule has 0 aromatic heterocycles. The van der Waals surface area contributed by atoms with E-state index in [9.17, 15) is 27.6 Å². The second-order valence-corrected chi connectivity index (χ2v) is 8.91. The maximum Gasteiger partial charge on any atom is 0.416 e. The van der Waals surface area contributed by atoms with Gasteiger partial charge in [0.2, 0.25) is 11.8 Å². The van der Waals surface area contributed by atoms with Crippen molar-refractivity contribution >= 4 is 17.8 Å². The number of benzene rings is 2. The lowest BCUT2D eigenvalue weighted by Crippen LogP contribution is -2.46. The second-order valence-electron chi connectivity index (χ2n) is 8.91. The molecular weight excluding hydrogens is 473 g/mol. The molecule has 2 amide bonds. The highest BCUT2D eigenvalue weighted by Gasteiger charge is 2.39. The van der Waals surface area contributed by atoms with Crippen molar-refractivity contribution in [1.29, 1.82) is 0 Å². The number of fused-ring (bicyclic) bond motifs is 1. The summed E-state index contributed by atoms with van der Waals surface area (Å²) >= 11 is 0. The smallest absolute Gasteiger partial charge is 0.416 e. The molecule has 4 rings (SSSR count). The van der Waals surface area contributed by atoms with Gasteiger partial charge in [0, 0.05) is 31.1 Å². The van der Waals surface area contributed by atoms with E-state index in [0.29, 0.717) is 18.7 Å². The van der Waals surface area contributed by atoms with Crippen molar-refractivity contribution < 1.29 is 32.3 Å². The van der Waals surface area contributed by atoms with Gasteiger partial charge in [-0.1, -0.05) is 36.4 Å². The average Bonchev–Trinajstić information content (AvgIpc) is 2.85. The molecule has 2 aliphatic heterocycles. The van der Waals surface area contributed by atoms with E-state index in [1.54, 1.807) is 18.7 Å². The molecule has 6 nitrogen and oxygen atoms in total. The zero-order chi connectivity index (χ0) is 26.0. The molecule has 190 valence electrons. The molecule has 0 fully saturated rings. The topological polar surface area (TPSA) is 66.9 Å². The lowest BCUT2D eigenvalue weighted by molar-refractivity contribution is -0.143. The van der Waals surface area contributed by atoms with Crippen LogP contribution in [0, 0.1) is 0 Å². The predicted octanol–water partition coefficient (Wildman–Crippen LogP) is 4.44. The minimum Gasteiger partial charge on any atom is -0.463 e. The van der Waals surface area contributed by atoms with E-state index in [1.807, 2.05) is 24.3 Å². The molecular formula is C27H27F3N2O4. The molecule has 2 aliphatic rings. The Bertz CT molecular complexity index is 1200. The molecule has 2 aromatic rings.